The molecule has 0 bridgehead atoms. The molecule has 0 atom stereocenters. The van der Waals surface area contributed by atoms with Gasteiger partial charge in [-0.2, -0.15) is 0 Å². The van der Waals surface area contributed by atoms with Crippen molar-refractivity contribution in [3.63, 3.8) is 0 Å². The molecule has 0 aliphatic rings. The van der Waals surface area contributed by atoms with Gasteiger partial charge in [0.2, 0.25) is 5.91 Å². The number of nitrogens with zero attached hydrogens (tertiary/aromatic N) is 1. The van der Waals surface area contributed by atoms with Crippen LogP contribution in [0.25, 0.3) is 0 Å². The molecule has 0 spiro atoms. The zero-order valence-corrected chi connectivity index (χ0v) is 16.7. The van der Waals surface area contributed by atoms with E-state index in [1.807, 2.05) is 24.3 Å². The zero-order chi connectivity index (χ0) is 20.6. The van der Waals surface area contributed by atoms with Crippen LogP contribution < -0.4 is 16.0 Å². The predicted octanol–water partition coefficient (Wildman–Crippen LogP) is 4.33. The molecule has 3 amide bonds. The van der Waals surface area contributed by atoms with Crippen molar-refractivity contribution in [2.45, 2.75) is 19.8 Å². The SMILES string of the molecule is Cc1ccc(Cc2cnc(NC(=O)CCNC(=O)Nc3ccccc3)s2)cc1F. The van der Waals surface area contributed by atoms with E-state index in [-0.39, 0.29) is 30.7 Å². The van der Waals surface area contributed by atoms with Crippen LogP contribution in [0.5, 0.6) is 0 Å². The summed E-state index contributed by atoms with van der Waals surface area (Å²) in [5.74, 6) is -0.475. The number of thiazole rings is 1. The number of para-hydroxylation sites is 1. The maximum atomic E-state index is 13.7. The number of rotatable bonds is 7. The number of aromatic nitrogens is 1. The highest BCUT2D eigenvalue weighted by Crippen LogP contribution is 2.22. The van der Waals surface area contributed by atoms with Crippen LogP contribution in [0.1, 0.15) is 22.4 Å². The van der Waals surface area contributed by atoms with Gasteiger partial charge in [-0.25, -0.2) is 14.2 Å². The Morgan fingerprint density at radius 3 is 2.66 bits per heavy atom. The molecule has 0 saturated carbocycles. The molecule has 6 nitrogen and oxygen atoms in total. The summed E-state index contributed by atoms with van der Waals surface area (Å²) in [5, 5.41) is 8.51. The molecule has 150 valence electrons. The second kappa shape index (κ2) is 9.79. The standard InChI is InChI=1S/C21H21FN4O2S/c1-14-7-8-15(12-18(14)22)11-17-13-24-21(29-17)26-19(27)9-10-23-20(28)25-16-5-3-2-4-6-16/h2-8,12-13H,9-11H2,1H3,(H2,23,25,28)(H,24,26,27). The summed E-state index contributed by atoms with van der Waals surface area (Å²) in [6.07, 6.45) is 2.34. The van der Waals surface area contributed by atoms with Crippen LogP contribution in [0.4, 0.5) is 20.0 Å². The molecule has 0 saturated heterocycles. The van der Waals surface area contributed by atoms with Crippen LogP contribution in [0.2, 0.25) is 0 Å². The lowest BCUT2D eigenvalue weighted by Gasteiger charge is -2.07. The summed E-state index contributed by atoms with van der Waals surface area (Å²) in [4.78, 5) is 28.9. The minimum Gasteiger partial charge on any atom is -0.337 e. The van der Waals surface area contributed by atoms with Gasteiger partial charge in [0.15, 0.2) is 5.13 Å². The van der Waals surface area contributed by atoms with E-state index in [0.29, 0.717) is 22.8 Å². The molecule has 0 fully saturated rings. The van der Waals surface area contributed by atoms with Gasteiger partial charge < -0.3 is 16.0 Å². The Kier molecular flexibility index (Phi) is 6.91. The number of amides is 3. The first-order valence-corrected chi connectivity index (χ1v) is 9.91. The Balaban J connectivity index is 1.41. The number of hydrogen-bond acceptors (Lipinski definition) is 4. The fourth-order valence-electron chi connectivity index (χ4n) is 2.56. The molecule has 3 N–H and O–H groups in total. The van der Waals surface area contributed by atoms with E-state index in [1.54, 1.807) is 31.3 Å². The van der Waals surface area contributed by atoms with Crippen molar-refractivity contribution >= 4 is 34.1 Å². The minimum absolute atomic E-state index is 0.125. The third-order valence-electron chi connectivity index (χ3n) is 4.08. The number of carbonyl (C=O) groups excluding carboxylic acids is 2. The van der Waals surface area contributed by atoms with Crippen LogP contribution in [-0.2, 0) is 11.2 Å². The molecule has 0 aliphatic heterocycles. The fourth-order valence-corrected chi connectivity index (χ4v) is 3.43. The molecule has 1 heterocycles. The highest BCUT2D eigenvalue weighted by atomic mass is 32.1. The molecule has 3 rings (SSSR count). The highest BCUT2D eigenvalue weighted by Gasteiger charge is 2.09. The Bertz CT molecular complexity index is 991. The first kappa shape index (κ1) is 20.5. The van der Waals surface area contributed by atoms with E-state index in [9.17, 15) is 14.0 Å². The molecule has 0 aliphatic carbocycles. The molecule has 3 aromatic rings. The Morgan fingerprint density at radius 2 is 1.90 bits per heavy atom. The fraction of sp³-hybridized carbons (Fsp3) is 0.190. The molecule has 29 heavy (non-hydrogen) atoms. The van der Waals surface area contributed by atoms with Crippen molar-refractivity contribution in [1.82, 2.24) is 10.3 Å². The monoisotopic (exact) mass is 412 g/mol. The quantitative estimate of drug-likeness (QED) is 0.540. The summed E-state index contributed by atoms with van der Waals surface area (Å²) < 4.78 is 13.7. The Hall–Kier alpha value is -3.26. The van der Waals surface area contributed by atoms with Crippen LogP contribution in [0, 0.1) is 12.7 Å². The minimum atomic E-state index is -0.370. The van der Waals surface area contributed by atoms with E-state index in [2.05, 4.69) is 20.9 Å². The van der Waals surface area contributed by atoms with Crippen LogP contribution >= 0.6 is 11.3 Å². The van der Waals surface area contributed by atoms with E-state index in [4.69, 9.17) is 0 Å². The maximum Gasteiger partial charge on any atom is 0.319 e. The molecule has 0 unspecified atom stereocenters. The number of hydrogen-bond donors (Lipinski definition) is 3. The third kappa shape index (κ3) is 6.39. The van der Waals surface area contributed by atoms with Crippen molar-refractivity contribution in [3.05, 3.63) is 76.5 Å². The zero-order valence-electron chi connectivity index (χ0n) is 15.9. The van der Waals surface area contributed by atoms with Crippen molar-refractivity contribution in [3.8, 4) is 0 Å². The molecule has 2 aromatic carbocycles. The predicted molar refractivity (Wildman–Crippen MR) is 113 cm³/mol. The van der Waals surface area contributed by atoms with Crippen molar-refractivity contribution < 1.29 is 14.0 Å². The van der Waals surface area contributed by atoms with E-state index >= 15 is 0 Å². The summed E-state index contributed by atoms with van der Waals surface area (Å²) in [7, 11) is 0. The average Bonchev–Trinajstić information content (AvgIpc) is 3.12. The van der Waals surface area contributed by atoms with Gasteiger partial charge in [0, 0.05) is 36.1 Å². The van der Waals surface area contributed by atoms with Gasteiger partial charge in [0.1, 0.15) is 5.82 Å². The first-order valence-electron chi connectivity index (χ1n) is 9.09. The molecule has 0 radical (unpaired) electrons. The molecular weight excluding hydrogens is 391 g/mol. The van der Waals surface area contributed by atoms with E-state index in [0.717, 1.165) is 10.4 Å². The number of anilines is 2. The van der Waals surface area contributed by atoms with E-state index < -0.39 is 0 Å². The molecular formula is C21H21FN4O2S. The molecule has 1 aromatic heterocycles. The number of halogens is 1. The van der Waals surface area contributed by atoms with Gasteiger partial charge in [-0.15, -0.1) is 11.3 Å². The lowest BCUT2D eigenvalue weighted by molar-refractivity contribution is -0.116. The van der Waals surface area contributed by atoms with Gasteiger partial charge >= 0.3 is 6.03 Å². The average molecular weight is 412 g/mol. The molecule has 8 heteroatoms. The number of nitrogens with one attached hydrogen (secondary N) is 3. The second-order valence-corrected chi connectivity index (χ2v) is 7.55. The van der Waals surface area contributed by atoms with Crippen LogP contribution in [0.3, 0.4) is 0 Å². The van der Waals surface area contributed by atoms with Gasteiger partial charge in [0.05, 0.1) is 0 Å². The number of carbonyl (C=O) groups is 2. The van der Waals surface area contributed by atoms with Crippen LogP contribution in [-0.4, -0.2) is 23.5 Å². The van der Waals surface area contributed by atoms with Crippen molar-refractivity contribution in [1.29, 1.82) is 0 Å². The van der Waals surface area contributed by atoms with Crippen molar-refractivity contribution in [2.75, 3.05) is 17.2 Å². The maximum absolute atomic E-state index is 13.7. The highest BCUT2D eigenvalue weighted by molar-refractivity contribution is 7.15. The van der Waals surface area contributed by atoms with Crippen molar-refractivity contribution in [2.24, 2.45) is 0 Å². The van der Waals surface area contributed by atoms with Gasteiger partial charge in [-0.05, 0) is 36.2 Å². The summed E-state index contributed by atoms with van der Waals surface area (Å²) >= 11 is 1.34. The first-order chi connectivity index (χ1) is 14.0. The lowest BCUT2D eigenvalue weighted by atomic mass is 10.1. The van der Waals surface area contributed by atoms with Gasteiger partial charge in [0.25, 0.3) is 0 Å². The smallest absolute Gasteiger partial charge is 0.319 e. The Morgan fingerprint density at radius 1 is 1.10 bits per heavy atom. The topological polar surface area (TPSA) is 83.1 Å². The van der Waals surface area contributed by atoms with Gasteiger partial charge in [-0.3, -0.25) is 4.79 Å². The largest absolute Gasteiger partial charge is 0.337 e. The Labute approximate surface area is 172 Å². The normalized spacial score (nSPS) is 10.4. The summed E-state index contributed by atoms with van der Waals surface area (Å²) in [6.45, 7) is 1.92. The number of benzene rings is 2. The van der Waals surface area contributed by atoms with E-state index in [1.165, 1.54) is 17.4 Å². The third-order valence-corrected chi connectivity index (χ3v) is 5.00. The number of urea groups is 1. The lowest BCUT2D eigenvalue weighted by Crippen LogP contribution is -2.31. The second-order valence-electron chi connectivity index (χ2n) is 6.44. The number of aryl methyl sites for hydroxylation is 1. The van der Waals surface area contributed by atoms with Gasteiger partial charge in [-0.1, -0.05) is 30.3 Å². The summed E-state index contributed by atoms with van der Waals surface area (Å²) in [6, 6.07) is 13.8. The van der Waals surface area contributed by atoms with Crippen LogP contribution in [0.15, 0.2) is 54.7 Å². The summed E-state index contributed by atoms with van der Waals surface area (Å²) in [5.41, 5.74) is 2.14.